The van der Waals surface area contributed by atoms with Crippen molar-refractivity contribution in [1.82, 2.24) is 0 Å². The van der Waals surface area contributed by atoms with Crippen molar-refractivity contribution in [2.75, 3.05) is 0 Å². The zero-order chi connectivity index (χ0) is 16.4. The van der Waals surface area contributed by atoms with Crippen molar-refractivity contribution in [3.63, 3.8) is 0 Å². The van der Waals surface area contributed by atoms with Crippen LogP contribution in [0.2, 0.25) is 0 Å². The Hall–Kier alpha value is -1.08. The molecule has 0 aliphatic heterocycles. The Morgan fingerprint density at radius 2 is 1.82 bits per heavy atom. The van der Waals surface area contributed by atoms with Gasteiger partial charge in [0.25, 0.3) is 0 Å². The van der Waals surface area contributed by atoms with Crippen LogP contribution in [0.15, 0.2) is 42.5 Å². The first-order chi connectivity index (χ1) is 10.6. The van der Waals surface area contributed by atoms with Crippen LogP contribution in [0, 0.1) is 11.3 Å². The Kier molecular flexibility index (Phi) is 8.48. The highest BCUT2D eigenvalue weighted by Gasteiger charge is 2.38. The van der Waals surface area contributed by atoms with Crippen LogP contribution in [0.3, 0.4) is 0 Å². The standard InChI is InChI=1S/C21H34O/c1-6-13-19(8-3)21(5,9-4)20(14-7-2)22-17-18-15-11-10-12-16-18/h7,10-12,14-16,19-20H,6,8-9,13,17H2,1-5H3/b14-7-. The van der Waals surface area contributed by atoms with Crippen molar-refractivity contribution in [3.8, 4) is 0 Å². The molecule has 3 atom stereocenters. The highest BCUT2D eigenvalue weighted by atomic mass is 16.5. The Morgan fingerprint density at radius 3 is 2.32 bits per heavy atom. The van der Waals surface area contributed by atoms with E-state index in [1.807, 2.05) is 0 Å². The Balaban J connectivity index is 2.89. The molecule has 124 valence electrons. The molecule has 1 rings (SSSR count). The average molecular weight is 303 g/mol. The molecule has 0 saturated heterocycles. The van der Waals surface area contributed by atoms with Crippen LogP contribution in [0.5, 0.6) is 0 Å². The minimum Gasteiger partial charge on any atom is -0.369 e. The molecule has 1 aromatic carbocycles. The summed E-state index contributed by atoms with van der Waals surface area (Å²) >= 11 is 0. The molecule has 0 radical (unpaired) electrons. The third-order valence-electron chi connectivity index (χ3n) is 5.11. The topological polar surface area (TPSA) is 9.23 Å². The summed E-state index contributed by atoms with van der Waals surface area (Å²) in [5, 5.41) is 0. The van der Waals surface area contributed by atoms with Crippen LogP contribution >= 0.6 is 0 Å². The molecule has 0 heterocycles. The summed E-state index contributed by atoms with van der Waals surface area (Å²) in [7, 11) is 0. The lowest BCUT2D eigenvalue weighted by molar-refractivity contribution is -0.0479. The van der Waals surface area contributed by atoms with Crippen LogP contribution in [-0.4, -0.2) is 6.10 Å². The first-order valence-corrected chi connectivity index (χ1v) is 8.90. The maximum Gasteiger partial charge on any atom is 0.0816 e. The van der Waals surface area contributed by atoms with Gasteiger partial charge in [0.05, 0.1) is 12.7 Å². The van der Waals surface area contributed by atoms with Gasteiger partial charge in [-0.2, -0.15) is 0 Å². The van der Waals surface area contributed by atoms with Gasteiger partial charge in [-0.05, 0) is 30.2 Å². The predicted octanol–water partition coefficient (Wildman–Crippen LogP) is 6.39. The third kappa shape index (κ3) is 4.98. The van der Waals surface area contributed by atoms with E-state index in [-0.39, 0.29) is 11.5 Å². The van der Waals surface area contributed by atoms with Gasteiger partial charge in [-0.15, -0.1) is 0 Å². The van der Waals surface area contributed by atoms with E-state index >= 15 is 0 Å². The van der Waals surface area contributed by atoms with E-state index in [0.717, 1.165) is 6.42 Å². The van der Waals surface area contributed by atoms with Crippen molar-refractivity contribution < 1.29 is 4.74 Å². The molecular formula is C21H34O. The lowest BCUT2D eigenvalue weighted by Gasteiger charge is -2.42. The fraction of sp³-hybridized carbons (Fsp3) is 0.619. The van der Waals surface area contributed by atoms with E-state index in [1.165, 1.54) is 24.8 Å². The van der Waals surface area contributed by atoms with Gasteiger partial charge in [0.1, 0.15) is 0 Å². The number of hydrogen-bond donors (Lipinski definition) is 0. The Bertz CT molecular complexity index is 423. The molecule has 0 aromatic heterocycles. The number of hydrogen-bond acceptors (Lipinski definition) is 1. The predicted molar refractivity (Wildman–Crippen MR) is 96.9 cm³/mol. The molecule has 0 amide bonds. The van der Waals surface area contributed by atoms with Crippen molar-refractivity contribution in [2.24, 2.45) is 11.3 Å². The van der Waals surface area contributed by atoms with Gasteiger partial charge >= 0.3 is 0 Å². The van der Waals surface area contributed by atoms with Crippen molar-refractivity contribution in [3.05, 3.63) is 48.0 Å². The molecule has 0 spiro atoms. The average Bonchev–Trinajstić information content (AvgIpc) is 2.56. The van der Waals surface area contributed by atoms with Gasteiger partial charge in [0.2, 0.25) is 0 Å². The fourth-order valence-corrected chi connectivity index (χ4v) is 3.47. The first-order valence-electron chi connectivity index (χ1n) is 8.90. The third-order valence-corrected chi connectivity index (χ3v) is 5.11. The van der Waals surface area contributed by atoms with Crippen LogP contribution in [0.1, 0.15) is 65.9 Å². The maximum atomic E-state index is 6.37. The molecule has 0 aliphatic carbocycles. The SMILES string of the molecule is C/C=C\C(OCc1ccccc1)C(C)(CC)C(CC)CCC. The summed E-state index contributed by atoms with van der Waals surface area (Å²) in [6.45, 7) is 12.1. The summed E-state index contributed by atoms with van der Waals surface area (Å²) in [4.78, 5) is 0. The molecule has 1 heteroatoms. The van der Waals surface area contributed by atoms with E-state index in [4.69, 9.17) is 4.74 Å². The van der Waals surface area contributed by atoms with Crippen LogP contribution in [0.4, 0.5) is 0 Å². The van der Waals surface area contributed by atoms with Gasteiger partial charge in [-0.25, -0.2) is 0 Å². The van der Waals surface area contributed by atoms with Gasteiger partial charge in [-0.3, -0.25) is 0 Å². The van der Waals surface area contributed by atoms with Gasteiger partial charge in [-0.1, -0.05) is 89.4 Å². The van der Waals surface area contributed by atoms with E-state index in [2.05, 4.69) is 77.1 Å². The van der Waals surface area contributed by atoms with E-state index in [9.17, 15) is 0 Å². The van der Waals surface area contributed by atoms with Crippen molar-refractivity contribution in [2.45, 2.75) is 73.0 Å². The molecule has 0 fully saturated rings. The highest BCUT2D eigenvalue weighted by Crippen LogP contribution is 2.42. The number of allylic oxidation sites excluding steroid dienone is 1. The molecule has 1 nitrogen and oxygen atoms in total. The highest BCUT2D eigenvalue weighted by molar-refractivity contribution is 5.13. The summed E-state index contributed by atoms with van der Waals surface area (Å²) < 4.78 is 6.37. The molecule has 0 bridgehead atoms. The van der Waals surface area contributed by atoms with E-state index in [1.54, 1.807) is 0 Å². The van der Waals surface area contributed by atoms with Crippen LogP contribution < -0.4 is 0 Å². The largest absolute Gasteiger partial charge is 0.369 e. The minimum atomic E-state index is 0.180. The van der Waals surface area contributed by atoms with Gasteiger partial charge in [0, 0.05) is 0 Å². The molecule has 3 unspecified atom stereocenters. The summed E-state index contributed by atoms with van der Waals surface area (Å²) in [6, 6.07) is 10.5. The summed E-state index contributed by atoms with van der Waals surface area (Å²) in [5.74, 6) is 0.708. The number of benzene rings is 1. The lowest BCUT2D eigenvalue weighted by atomic mass is 9.67. The zero-order valence-corrected chi connectivity index (χ0v) is 15.1. The monoisotopic (exact) mass is 302 g/mol. The molecule has 22 heavy (non-hydrogen) atoms. The minimum absolute atomic E-state index is 0.180. The van der Waals surface area contributed by atoms with Crippen LogP contribution in [-0.2, 0) is 11.3 Å². The fourth-order valence-electron chi connectivity index (χ4n) is 3.47. The second-order valence-corrected chi connectivity index (χ2v) is 6.50. The van der Waals surface area contributed by atoms with Crippen LogP contribution in [0.25, 0.3) is 0 Å². The van der Waals surface area contributed by atoms with Crippen molar-refractivity contribution >= 4 is 0 Å². The second kappa shape index (κ2) is 9.84. The van der Waals surface area contributed by atoms with Crippen molar-refractivity contribution in [1.29, 1.82) is 0 Å². The second-order valence-electron chi connectivity index (χ2n) is 6.50. The van der Waals surface area contributed by atoms with Gasteiger partial charge < -0.3 is 4.74 Å². The molecular weight excluding hydrogens is 268 g/mol. The smallest absolute Gasteiger partial charge is 0.0816 e. The Labute approximate surface area is 137 Å². The number of rotatable bonds is 10. The Morgan fingerprint density at radius 1 is 1.14 bits per heavy atom. The molecule has 0 saturated carbocycles. The first kappa shape index (κ1) is 19.0. The lowest BCUT2D eigenvalue weighted by Crippen LogP contribution is -2.39. The van der Waals surface area contributed by atoms with Gasteiger partial charge in [0.15, 0.2) is 0 Å². The molecule has 1 aromatic rings. The summed E-state index contributed by atoms with van der Waals surface area (Å²) in [6.07, 6.45) is 9.47. The summed E-state index contributed by atoms with van der Waals surface area (Å²) in [5.41, 5.74) is 1.45. The normalized spacial score (nSPS) is 17.3. The van der Waals surface area contributed by atoms with E-state index < -0.39 is 0 Å². The number of ether oxygens (including phenoxy) is 1. The maximum absolute atomic E-state index is 6.37. The zero-order valence-electron chi connectivity index (χ0n) is 15.1. The molecule has 0 aliphatic rings. The quantitative estimate of drug-likeness (QED) is 0.455. The van der Waals surface area contributed by atoms with E-state index in [0.29, 0.717) is 12.5 Å². The molecule has 0 N–H and O–H groups in total.